The number of hydrogen-bond acceptors (Lipinski definition) is 2. The van der Waals surface area contributed by atoms with Crippen LogP contribution in [0.4, 0.5) is 0 Å². The second-order valence-electron chi connectivity index (χ2n) is 3.57. The highest BCUT2D eigenvalue weighted by atomic mass is 35.5. The molecule has 0 N–H and O–H groups in total. The summed E-state index contributed by atoms with van der Waals surface area (Å²) in [6.07, 6.45) is 3.14. The maximum Gasteiger partial charge on any atom is 0.255 e. The monoisotopic (exact) mass is 234 g/mol. The number of hydrogen-bond donors (Lipinski definition) is 0. The molecule has 0 fully saturated rings. The Morgan fingerprint density at radius 2 is 2.06 bits per heavy atom. The molecule has 0 spiro atoms. The van der Waals surface area contributed by atoms with Crippen molar-refractivity contribution in [2.75, 3.05) is 0 Å². The van der Waals surface area contributed by atoms with Crippen LogP contribution in [0.3, 0.4) is 0 Å². The Balaban J connectivity index is 2.27. The molecule has 16 heavy (non-hydrogen) atoms. The van der Waals surface area contributed by atoms with E-state index in [1.807, 2.05) is 37.3 Å². The Morgan fingerprint density at radius 3 is 2.62 bits per heavy atom. The third-order valence-corrected chi connectivity index (χ3v) is 2.73. The fourth-order valence-corrected chi connectivity index (χ4v) is 1.63. The van der Waals surface area contributed by atoms with Crippen molar-refractivity contribution in [3.05, 3.63) is 53.9 Å². The second kappa shape index (κ2) is 4.49. The summed E-state index contributed by atoms with van der Waals surface area (Å²) in [7, 11) is 0. The summed E-state index contributed by atoms with van der Waals surface area (Å²) in [6.45, 7) is 2.02. The predicted molar refractivity (Wildman–Crippen MR) is 62.7 cm³/mol. The van der Waals surface area contributed by atoms with E-state index >= 15 is 0 Å². The van der Waals surface area contributed by atoms with Crippen LogP contribution >= 0.6 is 11.6 Å². The van der Waals surface area contributed by atoms with Crippen LogP contribution in [0.2, 0.25) is 0 Å². The number of carbonyl (C=O) groups is 1. The largest absolute Gasteiger partial charge is 0.275 e. The highest BCUT2D eigenvalue weighted by Gasteiger charge is 2.11. The zero-order valence-electron chi connectivity index (χ0n) is 8.80. The van der Waals surface area contributed by atoms with Gasteiger partial charge in [-0.3, -0.25) is 9.48 Å². The Hall–Kier alpha value is -1.61. The molecule has 0 saturated heterocycles. The van der Waals surface area contributed by atoms with Crippen LogP contribution < -0.4 is 0 Å². The van der Waals surface area contributed by atoms with Gasteiger partial charge in [-0.2, -0.15) is 5.10 Å². The van der Waals surface area contributed by atoms with Gasteiger partial charge in [0.1, 0.15) is 0 Å². The fourth-order valence-electron chi connectivity index (χ4n) is 1.54. The van der Waals surface area contributed by atoms with Crippen LogP contribution in [0.25, 0.3) is 0 Å². The molecule has 0 bridgehead atoms. The molecule has 1 heterocycles. The van der Waals surface area contributed by atoms with Crippen LogP contribution in [0.1, 0.15) is 28.9 Å². The Morgan fingerprint density at radius 1 is 1.38 bits per heavy atom. The van der Waals surface area contributed by atoms with Crippen molar-refractivity contribution < 1.29 is 4.79 Å². The standard InChI is InChI=1S/C12H11ClN2O/c1-9(10-5-3-2-4-6-10)15-8-11(7-14-15)12(13)16/h2-9H,1H3/t9-/m0/s1. The lowest BCUT2D eigenvalue weighted by Gasteiger charge is -2.11. The molecule has 0 amide bonds. The van der Waals surface area contributed by atoms with Gasteiger partial charge in [0.2, 0.25) is 0 Å². The normalized spacial score (nSPS) is 12.4. The maximum atomic E-state index is 10.9. The van der Waals surface area contributed by atoms with Gasteiger partial charge in [0.25, 0.3) is 5.24 Å². The summed E-state index contributed by atoms with van der Waals surface area (Å²) >= 11 is 5.37. The van der Waals surface area contributed by atoms with E-state index in [-0.39, 0.29) is 6.04 Å². The maximum absolute atomic E-state index is 10.9. The summed E-state index contributed by atoms with van der Waals surface area (Å²) in [5.41, 5.74) is 1.56. The number of benzene rings is 1. The minimum atomic E-state index is -0.480. The lowest BCUT2D eigenvalue weighted by atomic mass is 10.1. The van der Waals surface area contributed by atoms with Crippen LogP contribution in [-0.2, 0) is 0 Å². The van der Waals surface area contributed by atoms with Gasteiger partial charge in [-0.1, -0.05) is 30.3 Å². The molecule has 2 aromatic rings. The number of halogens is 1. The van der Waals surface area contributed by atoms with Crippen molar-refractivity contribution in [3.8, 4) is 0 Å². The van der Waals surface area contributed by atoms with Crippen LogP contribution in [-0.4, -0.2) is 15.0 Å². The van der Waals surface area contributed by atoms with Gasteiger partial charge in [0.05, 0.1) is 17.8 Å². The molecule has 1 aromatic carbocycles. The molecule has 0 unspecified atom stereocenters. The molecule has 1 aromatic heterocycles. The van der Waals surface area contributed by atoms with Gasteiger partial charge in [0.15, 0.2) is 0 Å². The quantitative estimate of drug-likeness (QED) is 0.766. The Labute approximate surface area is 98.7 Å². The summed E-state index contributed by atoms with van der Waals surface area (Å²) in [5, 5.41) is 3.65. The van der Waals surface area contributed by atoms with Crippen molar-refractivity contribution in [3.63, 3.8) is 0 Å². The first-order valence-corrected chi connectivity index (χ1v) is 5.35. The van der Waals surface area contributed by atoms with Crippen LogP contribution in [0, 0.1) is 0 Å². The smallest absolute Gasteiger partial charge is 0.255 e. The number of rotatable bonds is 3. The summed E-state index contributed by atoms with van der Waals surface area (Å²) in [5.74, 6) is 0. The minimum absolute atomic E-state index is 0.0889. The first kappa shape index (κ1) is 10.9. The zero-order chi connectivity index (χ0) is 11.5. The molecular weight excluding hydrogens is 224 g/mol. The molecule has 0 radical (unpaired) electrons. The average molecular weight is 235 g/mol. The number of nitrogens with zero attached hydrogens (tertiary/aromatic N) is 2. The number of aromatic nitrogens is 2. The van der Waals surface area contributed by atoms with Gasteiger partial charge in [-0.25, -0.2) is 0 Å². The van der Waals surface area contributed by atoms with E-state index in [9.17, 15) is 4.79 Å². The average Bonchev–Trinajstić information content (AvgIpc) is 2.78. The molecule has 4 heteroatoms. The van der Waals surface area contributed by atoms with Crippen molar-refractivity contribution in [1.29, 1.82) is 0 Å². The van der Waals surface area contributed by atoms with Gasteiger partial charge in [0, 0.05) is 6.20 Å². The van der Waals surface area contributed by atoms with Gasteiger partial charge < -0.3 is 0 Å². The summed E-state index contributed by atoms with van der Waals surface area (Å²) < 4.78 is 1.73. The third kappa shape index (κ3) is 2.14. The van der Waals surface area contributed by atoms with E-state index in [4.69, 9.17) is 11.6 Å². The lowest BCUT2D eigenvalue weighted by molar-refractivity contribution is 0.108. The predicted octanol–water partition coefficient (Wildman–Crippen LogP) is 2.87. The molecular formula is C12H11ClN2O. The Bertz CT molecular complexity index is 493. The first-order chi connectivity index (χ1) is 7.68. The Kier molecular flexibility index (Phi) is 3.06. The molecule has 2 rings (SSSR count). The van der Waals surface area contributed by atoms with Gasteiger partial charge in [-0.05, 0) is 24.1 Å². The van der Waals surface area contributed by atoms with Crippen molar-refractivity contribution in [2.45, 2.75) is 13.0 Å². The van der Waals surface area contributed by atoms with Crippen LogP contribution in [0.5, 0.6) is 0 Å². The van der Waals surface area contributed by atoms with Gasteiger partial charge in [-0.15, -0.1) is 0 Å². The van der Waals surface area contributed by atoms with E-state index in [0.717, 1.165) is 5.56 Å². The molecule has 0 aliphatic heterocycles. The van der Waals surface area contributed by atoms with Crippen LogP contribution in [0.15, 0.2) is 42.7 Å². The topological polar surface area (TPSA) is 34.9 Å². The van der Waals surface area contributed by atoms with Crippen molar-refractivity contribution >= 4 is 16.8 Å². The van der Waals surface area contributed by atoms with E-state index < -0.39 is 5.24 Å². The van der Waals surface area contributed by atoms with E-state index in [0.29, 0.717) is 5.56 Å². The summed E-state index contributed by atoms with van der Waals surface area (Å²) in [6, 6.07) is 10.0. The molecule has 0 saturated carbocycles. The first-order valence-electron chi connectivity index (χ1n) is 4.97. The fraction of sp³-hybridized carbons (Fsp3) is 0.167. The van der Waals surface area contributed by atoms with E-state index in [1.54, 1.807) is 10.9 Å². The van der Waals surface area contributed by atoms with E-state index in [2.05, 4.69) is 5.10 Å². The zero-order valence-corrected chi connectivity index (χ0v) is 9.56. The van der Waals surface area contributed by atoms with E-state index in [1.165, 1.54) is 6.20 Å². The third-order valence-electron chi connectivity index (χ3n) is 2.51. The molecule has 3 nitrogen and oxygen atoms in total. The highest BCUT2D eigenvalue weighted by Crippen LogP contribution is 2.17. The lowest BCUT2D eigenvalue weighted by Crippen LogP contribution is -2.06. The summed E-state index contributed by atoms with van der Waals surface area (Å²) in [4.78, 5) is 10.9. The number of carbonyl (C=O) groups excluding carboxylic acids is 1. The SMILES string of the molecule is C[C@@H](c1ccccc1)n1cc(C(=O)Cl)cn1. The second-order valence-corrected chi connectivity index (χ2v) is 3.91. The molecule has 0 aliphatic rings. The minimum Gasteiger partial charge on any atom is -0.275 e. The van der Waals surface area contributed by atoms with Crippen molar-refractivity contribution in [1.82, 2.24) is 9.78 Å². The van der Waals surface area contributed by atoms with Crippen molar-refractivity contribution in [2.24, 2.45) is 0 Å². The molecule has 0 aliphatic carbocycles. The molecule has 82 valence electrons. The highest BCUT2D eigenvalue weighted by molar-refractivity contribution is 6.67. The van der Waals surface area contributed by atoms with Gasteiger partial charge >= 0.3 is 0 Å². The molecule has 1 atom stereocenters.